The van der Waals surface area contributed by atoms with Crippen LogP contribution in [0.5, 0.6) is 0 Å². The minimum absolute atomic E-state index is 0. The molecule has 0 radical (unpaired) electrons. The van der Waals surface area contributed by atoms with Crippen molar-refractivity contribution >= 4 is 31.0 Å². The van der Waals surface area contributed by atoms with Crippen LogP contribution in [0.2, 0.25) is 0 Å². The van der Waals surface area contributed by atoms with Crippen molar-refractivity contribution in [2.75, 3.05) is 5.75 Å². The first-order valence-corrected chi connectivity index (χ1v) is 2.71. The average molecular weight is 173 g/mol. The molecule has 0 aromatic heterocycles. The number of halogens is 1. The number of hydrogen-bond acceptors (Lipinski definition) is 3. The van der Waals surface area contributed by atoms with E-state index in [1.165, 1.54) is 0 Å². The second-order valence-electron chi connectivity index (χ2n) is 0.870. The Kier molecular flexibility index (Phi) is 27.6. The van der Waals surface area contributed by atoms with E-state index in [9.17, 15) is 0 Å². The second kappa shape index (κ2) is 15.6. The molecule has 0 saturated carbocycles. The summed E-state index contributed by atoms with van der Waals surface area (Å²) in [6, 6.07) is 0. The lowest BCUT2D eigenvalue weighted by Gasteiger charge is -1.76. The molecule has 6 N–H and O–H groups in total. The van der Waals surface area contributed by atoms with Crippen LogP contribution in [0.1, 0.15) is 6.92 Å². The number of thiol groups is 1. The van der Waals surface area contributed by atoms with Crippen LogP contribution in [-0.4, -0.2) is 11.7 Å². The summed E-state index contributed by atoms with van der Waals surface area (Å²) < 4.78 is 0. The van der Waals surface area contributed by atoms with Gasteiger partial charge in [0.05, 0.1) is 0 Å². The van der Waals surface area contributed by atoms with Gasteiger partial charge in [-0.1, -0.05) is 6.92 Å². The van der Waals surface area contributed by atoms with E-state index in [0.717, 1.165) is 5.75 Å². The smallest absolute Gasteiger partial charge is 0.208 e. The molecule has 0 fully saturated rings. The van der Waals surface area contributed by atoms with Crippen molar-refractivity contribution in [2.45, 2.75) is 6.92 Å². The lowest BCUT2D eigenvalue weighted by atomic mass is 11.0. The third kappa shape index (κ3) is 86.0. The topological polar surface area (TPSA) is 90.4 Å². The Labute approximate surface area is 66.7 Å². The van der Waals surface area contributed by atoms with Crippen LogP contribution in [0.3, 0.4) is 0 Å². The van der Waals surface area contributed by atoms with Crippen molar-refractivity contribution in [1.29, 1.82) is 0 Å². The Morgan fingerprint density at radius 3 is 1.67 bits per heavy atom. The van der Waals surface area contributed by atoms with Crippen molar-refractivity contribution in [3.8, 4) is 0 Å². The highest BCUT2D eigenvalue weighted by molar-refractivity contribution is 7.80. The van der Waals surface area contributed by atoms with E-state index in [-0.39, 0.29) is 18.4 Å². The number of nitrogens with zero attached hydrogens (tertiary/aromatic N) is 1. The fourth-order valence-electron chi connectivity index (χ4n) is 0. The van der Waals surface area contributed by atoms with E-state index >= 15 is 0 Å². The molecule has 9 heavy (non-hydrogen) atoms. The van der Waals surface area contributed by atoms with E-state index in [2.05, 4.69) is 23.6 Å². The second-order valence-corrected chi connectivity index (χ2v) is 1.50. The molecule has 0 unspecified atom stereocenters. The van der Waals surface area contributed by atoms with Crippen molar-refractivity contribution in [3.63, 3.8) is 0 Å². The quantitative estimate of drug-likeness (QED) is 0.131. The maximum atomic E-state index is 4.69. The molecule has 0 rings (SSSR count). The Balaban J connectivity index is -0.0000000800. The molecular weight excluding hydrogens is 160 g/mol. The van der Waals surface area contributed by atoms with Crippen LogP contribution < -0.4 is 17.3 Å². The van der Waals surface area contributed by atoms with Gasteiger partial charge in [0.1, 0.15) is 0 Å². The first-order chi connectivity index (χ1) is 3.68. The van der Waals surface area contributed by atoms with E-state index in [0.29, 0.717) is 0 Å². The summed E-state index contributed by atoms with van der Waals surface area (Å²) in [5.41, 5.74) is 9.39. The van der Waals surface area contributed by atoms with Crippen molar-refractivity contribution in [2.24, 2.45) is 22.4 Å². The Morgan fingerprint density at radius 1 is 1.56 bits per heavy atom. The standard InChI is InChI=1S/C2H6S.CH6N4.ClH/c1-2-3;2-1(3)5-4;/h3H,2H2,1H3;4H2,(H4,2,3,5);1H. The molecule has 0 spiro atoms. The first kappa shape index (κ1) is 15.9. The molecule has 0 saturated heterocycles. The third-order valence-corrected chi connectivity index (χ3v) is 0.149. The molecule has 0 aromatic rings. The molecule has 0 amide bonds. The van der Waals surface area contributed by atoms with E-state index < -0.39 is 0 Å². The molecule has 0 aliphatic rings. The summed E-state index contributed by atoms with van der Waals surface area (Å²) in [5, 5.41) is 2.86. The van der Waals surface area contributed by atoms with Gasteiger partial charge in [0.15, 0.2) is 0 Å². The highest BCUT2D eigenvalue weighted by atomic mass is 35.5. The lowest BCUT2D eigenvalue weighted by Crippen LogP contribution is -2.23. The highest BCUT2D eigenvalue weighted by Gasteiger charge is 1.62. The fourth-order valence-corrected chi connectivity index (χ4v) is 0. The van der Waals surface area contributed by atoms with Crippen LogP contribution in [0.4, 0.5) is 0 Å². The van der Waals surface area contributed by atoms with Gasteiger partial charge < -0.3 is 17.3 Å². The van der Waals surface area contributed by atoms with Crippen molar-refractivity contribution < 1.29 is 0 Å². The molecule has 58 valence electrons. The third-order valence-electron chi connectivity index (χ3n) is 0.149. The molecule has 0 aliphatic heterocycles. The first-order valence-electron chi connectivity index (χ1n) is 2.08. The Bertz CT molecular complexity index is 62.8. The van der Waals surface area contributed by atoms with Gasteiger partial charge in [0.2, 0.25) is 5.96 Å². The van der Waals surface area contributed by atoms with E-state index in [4.69, 9.17) is 11.5 Å². The molecule has 6 heteroatoms. The molecule has 0 aliphatic carbocycles. The van der Waals surface area contributed by atoms with Gasteiger partial charge in [-0.15, -0.1) is 17.5 Å². The van der Waals surface area contributed by atoms with Crippen LogP contribution in [0.25, 0.3) is 0 Å². The number of nitrogens with two attached hydrogens (primary N) is 3. The number of rotatable bonds is 0. The normalized spacial score (nSPS) is 5.56. The predicted molar refractivity (Wildman–Crippen MR) is 46.8 cm³/mol. The van der Waals surface area contributed by atoms with Crippen molar-refractivity contribution in [1.82, 2.24) is 0 Å². The summed E-state index contributed by atoms with van der Waals surface area (Å²) in [5.74, 6) is 5.36. The number of guanidine groups is 1. The zero-order valence-corrected chi connectivity index (χ0v) is 6.95. The molecular formula is C3H13ClN4S. The van der Waals surface area contributed by atoms with Crippen LogP contribution in [-0.2, 0) is 0 Å². The SMILES string of the molecule is CCS.Cl.NN=C(N)N. The van der Waals surface area contributed by atoms with E-state index in [1.54, 1.807) is 0 Å². The van der Waals surface area contributed by atoms with Crippen LogP contribution >= 0.6 is 25.0 Å². The van der Waals surface area contributed by atoms with Crippen molar-refractivity contribution in [3.05, 3.63) is 0 Å². The monoisotopic (exact) mass is 172 g/mol. The maximum Gasteiger partial charge on any atom is 0.208 e. The zero-order valence-electron chi connectivity index (χ0n) is 5.24. The largest absolute Gasteiger partial charge is 0.369 e. The van der Waals surface area contributed by atoms with Gasteiger partial charge in [0.25, 0.3) is 0 Å². The fraction of sp³-hybridized carbons (Fsp3) is 0.667. The van der Waals surface area contributed by atoms with E-state index in [1.807, 2.05) is 6.92 Å². The molecule has 0 aromatic carbocycles. The van der Waals surface area contributed by atoms with Gasteiger partial charge in [-0.2, -0.15) is 12.6 Å². The Hall–Kier alpha value is -0.290. The lowest BCUT2D eigenvalue weighted by molar-refractivity contribution is 1.21. The average Bonchev–Trinajstić information content (AvgIpc) is 1.69. The minimum Gasteiger partial charge on any atom is -0.369 e. The molecule has 0 bridgehead atoms. The summed E-state index contributed by atoms with van der Waals surface area (Å²) in [4.78, 5) is 0. The molecule has 0 heterocycles. The summed E-state index contributed by atoms with van der Waals surface area (Å²) in [7, 11) is 0. The summed E-state index contributed by atoms with van der Waals surface area (Å²) in [6.07, 6.45) is 0. The van der Waals surface area contributed by atoms with Gasteiger partial charge in [-0.25, -0.2) is 0 Å². The van der Waals surface area contributed by atoms with Gasteiger partial charge in [-0.05, 0) is 5.75 Å². The summed E-state index contributed by atoms with van der Waals surface area (Å²) in [6.45, 7) is 1.99. The Morgan fingerprint density at radius 2 is 1.67 bits per heavy atom. The van der Waals surface area contributed by atoms with Crippen LogP contribution in [0.15, 0.2) is 5.10 Å². The highest BCUT2D eigenvalue weighted by Crippen LogP contribution is 1.58. The minimum atomic E-state index is -0.0926. The molecule has 0 atom stereocenters. The zero-order chi connectivity index (χ0) is 6.99. The number of hydrazone groups is 1. The predicted octanol–water partition coefficient (Wildman–Crippen LogP) is -0.509. The maximum absolute atomic E-state index is 4.69. The van der Waals surface area contributed by atoms with Gasteiger partial charge in [0, 0.05) is 0 Å². The van der Waals surface area contributed by atoms with Gasteiger partial charge in [-0.3, -0.25) is 0 Å². The summed E-state index contributed by atoms with van der Waals surface area (Å²) >= 11 is 3.79. The van der Waals surface area contributed by atoms with Gasteiger partial charge >= 0.3 is 0 Å². The number of hydrogen-bond donors (Lipinski definition) is 4. The van der Waals surface area contributed by atoms with Crippen LogP contribution in [0, 0.1) is 0 Å². The molecule has 4 nitrogen and oxygen atoms in total.